The highest BCUT2D eigenvalue weighted by atomic mass is 16.5. The van der Waals surface area contributed by atoms with Crippen LogP contribution in [0, 0.1) is 11.8 Å². The molecule has 3 atom stereocenters. The molecule has 0 spiro atoms. The van der Waals surface area contributed by atoms with Crippen LogP contribution in [-0.4, -0.2) is 22.8 Å². The van der Waals surface area contributed by atoms with Gasteiger partial charge in [-0.3, -0.25) is 0 Å². The number of esters is 1. The van der Waals surface area contributed by atoms with E-state index < -0.39 is 5.60 Å². The third kappa shape index (κ3) is 5.35. The fourth-order valence-electron chi connectivity index (χ4n) is 3.23. The zero-order valence-corrected chi connectivity index (χ0v) is 14.8. The van der Waals surface area contributed by atoms with Crippen molar-refractivity contribution < 1.29 is 14.6 Å². The molecule has 2 aliphatic rings. The second-order valence-corrected chi connectivity index (χ2v) is 7.59. The zero-order valence-electron chi connectivity index (χ0n) is 14.8. The van der Waals surface area contributed by atoms with Gasteiger partial charge in [0.05, 0.1) is 5.60 Å². The molecule has 0 unspecified atom stereocenters. The Morgan fingerprint density at radius 3 is 2.83 bits per heavy atom. The Bertz CT molecular complexity index is 523. The van der Waals surface area contributed by atoms with Gasteiger partial charge in [0.25, 0.3) is 0 Å². The Labute approximate surface area is 140 Å². The molecule has 0 amide bonds. The smallest absolute Gasteiger partial charge is 0.334 e. The minimum Gasteiger partial charge on any atom is -0.454 e. The van der Waals surface area contributed by atoms with Crippen LogP contribution in [0.3, 0.4) is 0 Å². The second kappa shape index (κ2) is 7.48. The lowest BCUT2D eigenvalue weighted by atomic mass is 9.87. The largest absolute Gasteiger partial charge is 0.454 e. The Balaban J connectivity index is 2.22. The van der Waals surface area contributed by atoms with Crippen LogP contribution in [0.4, 0.5) is 0 Å². The van der Waals surface area contributed by atoms with Gasteiger partial charge in [-0.15, -0.1) is 0 Å². The van der Waals surface area contributed by atoms with Gasteiger partial charge in [0.2, 0.25) is 0 Å². The fraction of sp³-hybridized carbons (Fsp3) is 0.650. The molecule has 0 aromatic heterocycles. The highest BCUT2D eigenvalue weighted by Crippen LogP contribution is 2.29. The van der Waals surface area contributed by atoms with Crippen molar-refractivity contribution in [2.24, 2.45) is 11.8 Å². The molecule has 2 bridgehead atoms. The van der Waals surface area contributed by atoms with Crippen LogP contribution in [-0.2, 0) is 9.53 Å². The van der Waals surface area contributed by atoms with Gasteiger partial charge < -0.3 is 9.84 Å². The monoisotopic (exact) mass is 318 g/mol. The van der Waals surface area contributed by atoms with E-state index in [4.69, 9.17) is 4.74 Å². The van der Waals surface area contributed by atoms with E-state index in [1.165, 1.54) is 5.57 Å². The predicted molar refractivity (Wildman–Crippen MR) is 92.9 cm³/mol. The third-order valence-electron chi connectivity index (χ3n) is 4.88. The molecule has 1 N–H and O–H groups in total. The number of ether oxygens (including phenoxy) is 1. The Morgan fingerprint density at radius 1 is 1.39 bits per heavy atom. The Kier molecular flexibility index (Phi) is 5.85. The molecule has 1 aliphatic carbocycles. The van der Waals surface area contributed by atoms with Gasteiger partial charge in [-0.2, -0.15) is 0 Å². The van der Waals surface area contributed by atoms with Crippen molar-refractivity contribution in [1.29, 1.82) is 0 Å². The number of rotatable bonds is 1. The third-order valence-corrected chi connectivity index (χ3v) is 4.88. The fourth-order valence-corrected chi connectivity index (χ4v) is 3.23. The van der Waals surface area contributed by atoms with Gasteiger partial charge >= 0.3 is 5.97 Å². The van der Waals surface area contributed by atoms with E-state index in [0.717, 1.165) is 31.3 Å². The van der Waals surface area contributed by atoms with Crippen molar-refractivity contribution in [2.75, 3.05) is 0 Å². The molecular formula is C20H30O3. The van der Waals surface area contributed by atoms with Crippen LogP contribution in [0.15, 0.2) is 35.5 Å². The van der Waals surface area contributed by atoms with Gasteiger partial charge in [-0.05, 0) is 57.4 Å². The number of aliphatic hydroxyl groups is 1. The minimum absolute atomic E-state index is 0.120. The lowest BCUT2D eigenvalue weighted by molar-refractivity contribution is -0.139. The summed E-state index contributed by atoms with van der Waals surface area (Å²) in [4.78, 5) is 12.0. The summed E-state index contributed by atoms with van der Waals surface area (Å²) in [6.45, 7) is 8.30. The number of carbonyl (C=O) groups is 1. The van der Waals surface area contributed by atoms with Crippen molar-refractivity contribution in [1.82, 2.24) is 0 Å². The number of hydrogen-bond donors (Lipinski definition) is 1. The Hall–Kier alpha value is -1.35. The van der Waals surface area contributed by atoms with Crippen LogP contribution in [0.25, 0.3) is 0 Å². The topological polar surface area (TPSA) is 46.5 Å². The second-order valence-electron chi connectivity index (χ2n) is 7.59. The van der Waals surface area contributed by atoms with E-state index in [0.29, 0.717) is 18.3 Å². The highest BCUT2D eigenvalue weighted by molar-refractivity contribution is 5.90. The van der Waals surface area contributed by atoms with E-state index in [-0.39, 0.29) is 12.1 Å². The van der Waals surface area contributed by atoms with Crippen LogP contribution in [0.1, 0.15) is 59.8 Å². The molecule has 3 heteroatoms. The lowest BCUT2D eigenvalue weighted by Crippen LogP contribution is -2.21. The van der Waals surface area contributed by atoms with E-state index in [9.17, 15) is 9.90 Å². The maximum Gasteiger partial charge on any atom is 0.334 e. The first kappa shape index (κ1) is 18.0. The van der Waals surface area contributed by atoms with Crippen molar-refractivity contribution in [3.63, 3.8) is 0 Å². The SMILES string of the molecule is C/C1=C\CC[C@](C)(O)/C=C/[C@H](C(C)C)CCC2=C[C@H](C1)OC2=O. The van der Waals surface area contributed by atoms with E-state index >= 15 is 0 Å². The zero-order chi connectivity index (χ0) is 17.0. The molecule has 0 saturated heterocycles. The molecule has 2 rings (SSSR count). The van der Waals surface area contributed by atoms with Crippen LogP contribution in [0.5, 0.6) is 0 Å². The summed E-state index contributed by atoms with van der Waals surface area (Å²) >= 11 is 0. The molecular weight excluding hydrogens is 288 g/mol. The first-order valence-electron chi connectivity index (χ1n) is 8.76. The van der Waals surface area contributed by atoms with Crippen molar-refractivity contribution in [3.05, 3.63) is 35.5 Å². The molecule has 0 fully saturated rings. The van der Waals surface area contributed by atoms with Gasteiger partial charge in [0, 0.05) is 12.0 Å². The number of hydrogen-bond acceptors (Lipinski definition) is 3. The first-order chi connectivity index (χ1) is 10.8. The molecule has 3 nitrogen and oxygen atoms in total. The summed E-state index contributed by atoms with van der Waals surface area (Å²) < 4.78 is 5.47. The van der Waals surface area contributed by atoms with Crippen molar-refractivity contribution >= 4 is 5.97 Å². The maximum absolute atomic E-state index is 12.0. The maximum atomic E-state index is 12.0. The van der Waals surface area contributed by atoms with Gasteiger partial charge in [-0.1, -0.05) is 37.6 Å². The van der Waals surface area contributed by atoms with E-state index in [1.54, 1.807) is 0 Å². The molecule has 0 aromatic carbocycles. The quantitative estimate of drug-likeness (QED) is 0.578. The van der Waals surface area contributed by atoms with Crippen molar-refractivity contribution in [2.45, 2.75) is 71.5 Å². The van der Waals surface area contributed by atoms with E-state index in [1.807, 2.05) is 19.1 Å². The van der Waals surface area contributed by atoms with Gasteiger partial charge in [-0.25, -0.2) is 4.79 Å². The standard InChI is InChI=1S/C20H30O3/c1-14(2)16-7-8-17-13-18(23-19(17)21)12-15(3)6-5-10-20(4,22)11-9-16/h6,9,11,13-14,16,18,22H,5,7-8,10,12H2,1-4H3/b11-9+,15-6+/t16-,18+,20+/m1/s1. The lowest BCUT2D eigenvalue weighted by Gasteiger charge is -2.22. The molecule has 0 aromatic rings. The number of allylic oxidation sites excluding steroid dienone is 2. The van der Waals surface area contributed by atoms with Crippen LogP contribution in [0.2, 0.25) is 0 Å². The molecule has 0 radical (unpaired) electrons. The van der Waals surface area contributed by atoms with Gasteiger partial charge in [0.1, 0.15) is 6.10 Å². The highest BCUT2D eigenvalue weighted by Gasteiger charge is 2.26. The average molecular weight is 318 g/mol. The molecule has 128 valence electrons. The number of carbonyl (C=O) groups excluding carboxylic acids is 1. The molecule has 1 heterocycles. The summed E-state index contributed by atoms with van der Waals surface area (Å²) in [5.74, 6) is 0.677. The average Bonchev–Trinajstić information content (AvgIpc) is 2.77. The van der Waals surface area contributed by atoms with Crippen molar-refractivity contribution in [3.8, 4) is 0 Å². The molecule has 0 saturated carbocycles. The summed E-state index contributed by atoms with van der Waals surface area (Å²) in [6.07, 6.45) is 12.0. The summed E-state index contributed by atoms with van der Waals surface area (Å²) in [5.41, 5.74) is 1.24. The van der Waals surface area contributed by atoms with E-state index in [2.05, 4.69) is 32.9 Å². The first-order valence-corrected chi connectivity index (χ1v) is 8.76. The van der Waals surface area contributed by atoms with Crippen LogP contribution >= 0.6 is 0 Å². The molecule has 23 heavy (non-hydrogen) atoms. The summed E-state index contributed by atoms with van der Waals surface area (Å²) in [6, 6.07) is 0. The van der Waals surface area contributed by atoms with Crippen LogP contribution < -0.4 is 0 Å². The Morgan fingerprint density at radius 2 is 2.13 bits per heavy atom. The predicted octanol–water partition coefficient (Wildman–Crippen LogP) is 4.33. The number of fused-ring (bicyclic) bond motifs is 1. The minimum atomic E-state index is -0.779. The van der Waals surface area contributed by atoms with Gasteiger partial charge in [0.15, 0.2) is 0 Å². The summed E-state index contributed by atoms with van der Waals surface area (Å²) in [5, 5.41) is 10.5. The molecule has 1 aliphatic heterocycles. The normalized spacial score (nSPS) is 36.7. The summed E-state index contributed by atoms with van der Waals surface area (Å²) in [7, 11) is 0.